The third kappa shape index (κ3) is 4.71. The molecular weight excluding hydrogens is 370 g/mol. The standard InChI is InChI=1S/C15H12F6N2OS/c1-8-22-12(7-25-8)6-23(2)13(24)9-3-10(14(16,17)18)5-11(4-9)15(19,20)21/h3-5,7H,6H2,1-2H3. The van der Waals surface area contributed by atoms with Gasteiger partial charge in [-0.3, -0.25) is 4.79 Å². The molecule has 0 unspecified atom stereocenters. The van der Waals surface area contributed by atoms with E-state index in [1.165, 1.54) is 18.4 Å². The van der Waals surface area contributed by atoms with E-state index < -0.39 is 35.0 Å². The SMILES string of the molecule is Cc1nc(CN(C)C(=O)c2cc(C(F)(F)F)cc(C(F)(F)F)c2)cs1. The van der Waals surface area contributed by atoms with Crippen molar-refractivity contribution in [2.45, 2.75) is 25.8 Å². The van der Waals surface area contributed by atoms with Crippen LogP contribution >= 0.6 is 11.3 Å². The van der Waals surface area contributed by atoms with Crippen LogP contribution in [0.3, 0.4) is 0 Å². The number of nitrogens with zero attached hydrogens (tertiary/aromatic N) is 2. The number of thiazole rings is 1. The molecule has 1 amide bonds. The first kappa shape index (κ1) is 19.2. The third-order valence-corrected chi connectivity index (χ3v) is 4.07. The quantitative estimate of drug-likeness (QED) is 0.717. The Morgan fingerprint density at radius 1 is 1.08 bits per heavy atom. The molecule has 0 aliphatic carbocycles. The zero-order valence-electron chi connectivity index (χ0n) is 13.0. The maximum absolute atomic E-state index is 12.8. The third-order valence-electron chi connectivity index (χ3n) is 3.25. The van der Waals surface area contributed by atoms with Gasteiger partial charge in [-0.1, -0.05) is 0 Å². The molecule has 0 N–H and O–H groups in total. The molecule has 1 heterocycles. The highest BCUT2D eigenvalue weighted by molar-refractivity contribution is 7.09. The summed E-state index contributed by atoms with van der Waals surface area (Å²) >= 11 is 1.32. The second-order valence-electron chi connectivity index (χ2n) is 5.31. The maximum atomic E-state index is 12.8. The molecule has 0 radical (unpaired) electrons. The summed E-state index contributed by atoms with van der Waals surface area (Å²) < 4.78 is 77.1. The van der Waals surface area contributed by atoms with E-state index in [-0.39, 0.29) is 12.6 Å². The second kappa shape index (κ2) is 6.66. The van der Waals surface area contributed by atoms with Gasteiger partial charge in [0.1, 0.15) is 0 Å². The maximum Gasteiger partial charge on any atom is 0.416 e. The average molecular weight is 382 g/mol. The largest absolute Gasteiger partial charge is 0.416 e. The number of hydrogen-bond acceptors (Lipinski definition) is 3. The highest BCUT2D eigenvalue weighted by atomic mass is 32.1. The van der Waals surface area contributed by atoms with E-state index in [0.29, 0.717) is 17.8 Å². The van der Waals surface area contributed by atoms with E-state index in [2.05, 4.69) is 4.98 Å². The van der Waals surface area contributed by atoms with E-state index in [9.17, 15) is 31.1 Å². The molecule has 0 aliphatic heterocycles. The molecule has 136 valence electrons. The first-order valence-corrected chi connectivity index (χ1v) is 7.72. The first-order chi connectivity index (χ1) is 11.4. The zero-order chi connectivity index (χ0) is 19.0. The van der Waals surface area contributed by atoms with E-state index in [1.54, 1.807) is 12.3 Å². The van der Waals surface area contributed by atoms with E-state index in [1.807, 2.05) is 0 Å². The number of carbonyl (C=O) groups excluding carboxylic acids is 1. The van der Waals surface area contributed by atoms with Crippen molar-refractivity contribution in [2.75, 3.05) is 7.05 Å². The van der Waals surface area contributed by atoms with Gasteiger partial charge < -0.3 is 4.90 Å². The van der Waals surface area contributed by atoms with Crippen LogP contribution in [0, 0.1) is 6.92 Å². The Kier molecular flexibility index (Phi) is 5.12. The van der Waals surface area contributed by atoms with Crippen molar-refractivity contribution in [3.63, 3.8) is 0 Å². The van der Waals surface area contributed by atoms with Crippen LogP contribution in [-0.4, -0.2) is 22.8 Å². The number of aromatic nitrogens is 1. The summed E-state index contributed by atoms with van der Waals surface area (Å²) in [5.74, 6) is -0.956. The van der Waals surface area contributed by atoms with Crippen molar-refractivity contribution in [2.24, 2.45) is 0 Å². The minimum Gasteiger partial charge on any atom is -0.336 e. The zero-order valence-corrected chi connectivity index (χ0v) is 13.8. The van der Waals surface area contributed by atoms with Gasteiger partial charge in [0.05, 0.1) is 28.4 Å². The molecular formula is C15H12F6N2OS. The number of rotatable bonds is 3. The number of halogens is 6. The molecule has 0 aliphatic rings. The van der Waals surface area contributed by atoms with Crippen LogP contribution < -0.4 is 0 Å². The number of amides is 1. The smallest absolute Gasteiger partial charge is 0.336 e. The van der Waals surface area contributed by atoms with E-state index in [4.69, 9.17) is 0 Å². The van der Waals surface area contributed by atoms with Gasteiger partial charge in [-0.05, 0) is 25.1 Å². The molecule has 0 atom stereocenters. The summed E-state index contributed by atoms with van der Waals surface area (Å²) in [6, 6.07) is 0.821. The van der Waals surface area contributed by atoms with Crippen molar-refractivity contribution < 1.29 is 31.1 Å². The highest BCUT2D eigenvalue weighted by Gasteiger charge is 2.37. The predicted octanol–water partition coefficient (Wildman–Crippen LogP) is 4.76. The van der Waals surface area contributed by atoms with Crippen molar-refractivity contribution in [1.29, 1.82) is 0 Å². The van der Waals surface area contributed by atoms with E-state index in [0.717, 1.165) is 9.91 Å². The van der Waals surface area contributed by atoms with Crippen LogP contribution in [-0.2, 0) is 18.9 Å². The van der Waals surface area contributed by atoms with Crippen LogP contribution in [0.1, 0.15) is 32.2 Å². The van der Waals surface area contributed by atoms with Crippen LogP contribution in [0.15, 0.2) is 23.6 Å². The predicted molar refractivity (Wildman–Crippen MR) is 79.1 cm³/mol. The lowest BCUT2D eigenvalue weighted by molar-refractivity contribution is -0.143. The van der Waals surface area contributed by atoms with Crippen LogP contribution in [0.5, 0.6) is 0 Å². The van der Waals surface area contributed by atoms with Crippen molar-refractivity contribution in [3.05, 3.63) is 51.0 Å². The van der Waals surface area contributed by atoms with Crippen LogP contribution in [0.25, 0.3) is 0 Å². The fourth-order valence-electron chi connectivity index (χ4n) is 2.09. The molecule has 0 fully saturated rings. The van der Waals surface area contributed by atoms with Gasteiger partial charge in [-0.25, -0.2) is 4.98 Å². The molecule has 1 aromatic heterocycles. The summed E-state index contributed by atoms with van der Waals surface area (Å²) in [6.07, 6.45) is -10.00. The molecule has 10 heteroatoms. The van der Waals surface area contributed by atoms with Gasteiger partial charge in [-0.15, -0.1) is 11.3 Å². The molecule has 25 heavy (non-hydrogen) atoms. The van der Waals surface area contributed by atoms with Crippen LogP contribution in [0.4, 0.5) is 26.3 Å². The summed E-state index contributed by atoms with van der Waals surface area (Å²) in [7, 11) is 1.28. The normalized spacial score (nSPS) is 12.3. The Hall–Kier alpha value is -2.10. The molecule has 2 rings (SSSR count). The lowest BCUT2D eigenvalue weighted by Gasteiger charge is -2.18. The lowest BCUT2D eigenvalue weighted by atomic mass is 10.0. The van der Waals surface area contributed by atoms with Gasteiger partial charge in [0.25, 0.3) is 5.91 Å². The molecule has 1 aromatic carbocycles. The fourth-order valence-corrected chi connectivity index (χ4v) is 2.70. The number of hydrogen-bond donors (Lipinski definition) is 0. The number of benzene rings is 1. The van der Waals surface area contributed by atoms with Gasteiger partial charge in [0.15, 0.2) is 0 Å². The molecule has 2 aromatic rings. The summed E-state index contributed by atoms with van der Waals surface area (Å²) in [5, 5.41) is 2.39. The Morgan fingerprint density at radius 3 is 2.00 bits per heavy atom. The lowest BCUT2D eigenvalue weighted by Crippen LogP contribution is -2.27. The highest BCUT2D eigenvalue weighted by Crippen LogP contribution is 2.36. The topological polar surface area (TPSA) is 33.2 Å². The number of aryl methyl sites for hydroxylation is 1. The van der Waals surface area contributed by atoms with Crippen molar-refractivity contribution >= 4 is 17.2 Å². The fraction of sp³-hybridized carbons (Fsp3) is 0.333. The Balaban J connectivity index is 2.37. The molecule has 0 saturated carbocycles. The van der Waals surface area contributed by atoms with Gasteiger partial charge in [0, 0.05) is 18.0 Å². The summed E-state index contributed by atoms with van der Waals surface area (Å²) in [5.41, 5.74) is -3.23. The average Bonchev–Trinajstić information content (AvgIpc) is 2.89. The first-order valence-electron chi connectivity index (χ1n) is 6.84. The van der Waals surface area contributed by atoms with Crippen molar-refractivity contribution in [1.82, 2.24) is 9.88 Å². The van der Waals surface area contributed by atoms with Gasteiger partial charge in [0.2, 0.25) is 0 Å². The second-order valence-corrected chi connectivity index (χ2v) is 6.38. The minimum absolute atomic E-state index is 0.0133. The van der Waals surface area contributed by atoms with E-state index >= 15 is 0 Å². The molecule has 0 bridgehead atoms. The monoisotopic (exact) mass is 382 g/mol. The number of carbonyl (C=O) groups is 1. The molecule has 3 nitrogen and oxygen atoms in total. The van der Waals surface area contributed by atoms with Crippen molar-refractivity contribution in [3.8, 4) is 0 Å². The van der Waals surface area contributed by atoms with Gasteiger partial charge >= 0.3 is 12.4 Å². The van der Waals surface area contributed by atoms with Gasteiger partial charge in [-0.2, -0.15) is 26.3 Å². The summed E-state index contributed by atoms with van der Waals surface area (Å²) in [6.45, 7) is 1.71. The molecule has 0 saturated heterocycles. The molecule has 0 spiro atoms. The summed E-state index contributed by atoms with van der Waals surface area (Å²) in [4.78, 5) is 17.4. The number of alkyl halides is 6. The Morgan fingerprint density at radius 2 is 1.60 bits per heavy atom. The van der Waals surface area contributed by atoms with Crippen LogP contribution in [0.2, 0.25) is 0 Å². The Labute approximate surface area is 142 Å². The minimum atomic E-state index is -5.00. The Bertz CT molecular complexity index is 749.